The third-order valence-corrected chi connectivity index (χ3v) is 6.41. The monoisotopic (exact) mass is 438 g/mol. The van der Waals surface area contributed by atoms with E-state index in [1.54, 1.807) is 18.2 Å². The molecule has 1 aliphatic rings. The van der Waals surface area contributed by atoms with Gasteiger partial charge in [0, 0.05) is 10.3 Å². The molecule has 0 aliphatic heterocycles. The summed E-state index contributed by atoms with van der Waals surface area (Å²) in [6.07, 6.45) is 4.83. The van der Waals surface area contributed by atoms with Crippen molar-refractivity contribution in [2.24, 2.45) is 0 Å². The topological polar surface area (TPSA) is 94.6 Å². The van der Waals surface area contributed by atoms with E-state index in [1.807, 2.05) is 18.2 Å². The summed E-state index contributed by atoms with van der Waals surface area (Å²) < 4.78 is 10.1. The van der Waals surface area contributed by atoms with Crippen molar-refractivity contribution in [3.63, 3.8) is 0 Å². The number of carbonyl (C=O) groups excluding carboxylic acids is 3. The maximum atomic E-state index is 12.5. The summed E-state index contributed by atoms with van der Waals surface area (Å²) in [4.78, 5) is 42.5. The van der Waals surface area contributed by atoms with Gasteiger partial charge in [-0.05, 0) is 43.4 Å². The van der Waals surface area contributed by atoms with Gasteiger partial charge in [-0.15, -0.1) is 11.3 Å². The van der Waals surface area contributed by atoms with Gasteiger partial charge in [0.15, 0.2) is 6.61 Å². The molecule has 1 aliphatic carbocycles. The van der Waals surface area contributed by atoms with Crippen LogP contribution in [0.2, 0.25) is 0 Å². The van der Waals surface area contributed by atoms with Crippen LogP contribution < -0.4 is 5.32 Å². The summed E-state index contributed by atoms with van der Waals surface area (Å²) in [5.41, 5.74) is 2.18. The van der Waals surface area contributed by atoms with Crippen LogP contribution in [0.3, 0.4) is 0 Å². The largest absolute Gasteiger partial charge is 0.465 e. The van der Waals surface area contributed by atoms with Gasteiger partial charge in [0.1, 0.15) is 10.7 Å². The zero-order valence-corrected chi connectivity index (χ0v) is 17.9. The number of anilines is 1. The summed E-state index contributed by atoms with van der Waals surface area (Å²) >= 11 is 1.39. The van der Waals surface area contributed by atoms with Crippen LogP contribution in [-0.4, -0.2) is 36.5 Å². The highest BCUT2D eigenvalue weighted by atomic mass is 32.1. The summed E-state index contributed by atoms with van der Waals surface area (Å²) in [5.74, 6) is -1.67. The average molecular weight is 439 g/mol. The lowest BCUT2D eigenvalue weighted by molar-refractivity contribution is -0.119. The smallest absolute Gasteiger partial charge is 0.357 e. The van der Waals surface area contributed by atoms with Crippen LogP contribution in [0.1, 0.15) is 50.5 Å². The third kappa shape index (κ3) is 4.59. The highest BCUT2D eigenvalue weighted by Crippen LogP contribution is 2.37. The molecule has 4 rings (SSSR count). The average Bonchev–Trinajstić information content (AvgIpc) is 2.96. The van der Waals surface area contributed by atoms with E-state index >= 15 is 0 Å². The Bertz CT molecular complexity index is 1150. The number of pyridine rings is 1. The molecule has 3 aromatic rings. The van der Waals surface area contributed by atoms with E-state index in [1.165, 1.54) is 18.4 Å². The Hall–Kier alpha value is -3.26. The van der Waals surface area contributed by atoms with Crippen molar-refractivity contribution in [2.45, 2.75) is 32.1 Å². The molecule has 0 unspecified atom stereocenters. The molecular weight excluding hydrogens is 416 g/mol. The van der Waals surface area contributed by atoms with Gasteiger partial charge in [0.2, 0.25) is 0 Å². The number of nitrogens with one attached hydrogen (secondary N) is 1. The molecular formula is C23H22N2O5S. The maximum absolute atomic E-state index is 12.5. The van der Waals surface area contributed by atoms with Crippen LogP contribution in [-0.2, 0) is 27.1 Å². The lowest BCUT2D eigenvalue weighted by Gasteiger charge is -2.08. The number of carbonyl (C=O) groups is 3. The lowest BCUT2D eigenvalue weighted by atomic mass is 10.1. The molecule has 0 bridgehead atoms. The number of para-hydroxylation sites is 1. The second-order valence-corrected chi connectivity index (χ2v) is 8.38. The van der Waals surface area contributed by atoms with Gasteiger partial charge in [0.25, 0.3) is 5.91 Å². The number of fused-ring (bicyclic) bond motifs is 2. The summed E-state index contributed by atoms with van der Waals surface area (Å²) in [7, 11) is 1.33. The van der Waals surface area contributed by atoms with Gasteiger partial charge in [0.05, 0.1) is 18.2 Å². The second kappa shape index (κ2) is 9.26. The van der Waals surface area contributed by atoms with E-state index in [9.17, 15) is 14.4 Å². The first-order valence-electron chi connectivity index (χ1n) is 10.1. The Morgan fingerprint density at radius 3 is 2.68 bits per heavy atom. The van der Waals surface area contributed by atoms with Crippen LogP contribution in [0.15, 0.2) is 36.4 Å². The number of esters is 2. The molecule has 2 heterocycles. The van der Waals surface area contributed by atoms with Crippen molar-refractivity contribution in [3.05, 3.63) is 58.1 Å². The number of aryl methyl sites for hydroxylation is 1. The second-order valence-electron chi connectivity index (χ2n) is 7.27. The fourth-order valence-corrected chi connectivity index (χ4v) is 4.99. The first kappa shape index (κ1) is 21.0. The van der Waals surface area contributed by atoms with E-state index < -0.39 is 24.5 Å². The number of aromatic nitrogens is 1. The van der Waals surface area contributed by atoms with Crippen LogP contribution in [0, 0.1) is 0 Å². The number of hydrogen-bond acceptors (Lipinski definition) is 7. The minimum absolute atomic E-state index is 0.129. The minimum atomic E-state index is -0.684. The number of nitrogens with zero attached hydrogens (tertiary/aromatic N) is 1. The molecule has 1 N–H and O–H groups in total. The molecule has 0 saturated carbocycles. The van der Waals surface area contributed by atoms with Crippen molar-refractivity contribution in [1.82, 2.24) is 4.98 Å². The quantitative estimate of drug-likeness (QED) is 0.475. The number of hydrogen-bond donors (Lipinski definition) is 1. The number of rotatable bonds is 5. The zero-order valence-electron chi connectivity index (χ0n) is 17.1. The van der Waals surface area contributed by atoms with Gasteiger partial charge in [-0.1, -0.05) is 30.7 Å². The first-order valence-corrected chi connectivity index (χ1v) is 10.9. The van der Waals surface area contributed by atoms with Gasteiger partial charge < -0.3 is 14.8 Å². The van der Waals surface area contributed by atoms with Crippen LogP contribution in [0.5, 0.6) is 0 Å². The molecule has 0 atom stereocenters. The summed E-state index contributed by atoms with van der Waals surface area (Å²) in [5, 5.41) is 4.08. The van der Waals surface area contributed by atoms with Crippen LogP contribution >= 0.6 is 11.3 Å². The third-order valence-electron chi connectivity index (χ3n) is 5.21. The van der Waals surface area contributed by atoms with Crippen LogP contribution in [0.25, 0.3) is 10.9 Å². The number of methoxy groups -OCH3 is 1. The molecule has 0 spiro atoms. The fourth-order valence-electron chi connectivity index (χ4n) is 3.70. The van der Waals surface area contributed by atoms with Crippen molar-refractivity contribution in [2.75, 3.05) is 19.0 Å². The Balaban J connectivity index is 1.44. The molecule has 0 saturated heterocycles. The van der Waals surface area contributed by atoms with Gasteiger partial charge in [-0.3, -0.25) is 4.79 Å². The van der Waals surface area contributed by atoms with Gasteiger partial charge in [-0.2, -0.15) is 0 Å². The van der Waals surface area contributed by atoms with Crippen molar-refractivity contribution >= 4 is 45.1 Å². The lowest BCUT2D eigenvalue weighted by Crippen LogP contribution is -2.22. The molecule has 0 fully saturated rings. The Morgan fingerprint density at radius 1 is 1.03 bits per heavy atom. The van der Waals surface area contributed by atoms with E-state index in [4.69, 9.17) is 9.47 Å². The molecule has 7 nitrogen and oxygen atoms in total. The first-order chi connectivity index (χ1) is 15.1. The molecule has 8 heteroatoms. The SMILES string of the molecule is COC(=O)c1c(NC(=O)COC(=O)c2ccc3ccccc3n2)sc2c1CCCCC2. The molecule has 1 aromatic carbocycles. The normalized spacial score (nSPS) is 13.2. The van der Waals surface area contributed by atoms with E-state index in [0.29, 0.717) is 16.1 Å². The summed E-state index contributed by atoms with van der Waals surface area (Å²) in [6, 6.07) is 10.8. The van der Waals surface area contributed by atoms with E-state index in [2.05, 4.69) is 10.3 Å². The Kier molecular flexibility index (Phi) is 6.27. The van der Waals surface area contributed by atoms with Crippen LogP contribution in [0.4, 0.5) is 5.00 Å². The summed E-state index contributed by atoms with van der Waals surface area (Å²) in [6.45, 7) is -0.476. The highest BCUT2D eigenvalue weighted by Gasteiger charge is 2.26. The van der Waals surface area contributed by atoms with Gasteiger partial charge >= 0.3 is 11.9 Å². The number of ether oxygens (including phenoxy) is 2. The van der Waals surface area contributed by atoms with E-state index in [-0.39, 0.29) is 5.69 Å². The zero-order chi connectivity index (χ0) is 21.8. The molecule has 1 amide bonds. The number of benzene rings is 1. The molecule has 160 valence electrons. The predicted octanol–water partition coefficient (Wildman–Crippen LogP) is 4.15. The van der Waals surface area contributed by atoms with Gasteiger partial charge in [-0.25, -0.2) is 14.6 Å². The molecule has 2 aromatic heterocycles. The van der Waals surface area contributed by atoms with Crippen molar-refractivity contribution in [1.29, 1.82) is 0 Å². The Labute approximate surface area is 183 Å². The molecule has 31 heavy (non-hydrogen) atoms. The molecule has 0 radical (unpaired) electrons. The Morgan fingerprint density at radius 2 is 1.84 bits per heavy atom. The fraction of sp³-hybridized carbons (Fsp3) is 0.304. The standard InChI is InChI=1S/C23H22N2O5S/c1-29-23(28)20-15-8-3-2-4-10-18(15)31-21(20)25-19(26)13-30-22(27)17-12-11-14-7-5-6-9-16(14)24-17/h5-7,9,11-12H,2-4,8,10,13H2,1H3,(H,25,26). The predicted molar refractivity (Wildman–Crippen MR) is 118 cm³/mol. The van der Waals surface area contributed by atoms with Crippen molar-refractivity contribution in [3.8, 4) is 0 Å². The maximum Gasteiger partial charge on any atom is 0.357 e. The van der Waals surface area contributed by atoms with Crippen molar-refractivity contribution < 1.29 is 23.9 Å². The highest BCUT2D eigenvalue weighted by molar-refractivity contribution is 7.17. The number of amides is 1. The number of thiophene rings is 1. The van der Waals surface area contributed by atoms with E-state index in [0.717, 1.165) is 47.9 Å². The minimum Gasteiger partial charge on any atom is -0.465 e.